The third-order valence-corrected chi connectivity index (χ3v) is 3.64. The molecule has 0 atom stereocenters. The summed E-state index contributed by atoms with van der Waals surface area (Å²) < 4.78 is 15.8. The topological polar surface area (TPSA) is 81.2 Å². The summed E-state index contributed by atoms with van der Waals surface area (Å²) in [6, 6.07) is 11.2. The Morgan fingerprint density at radius 1 is 1.04 bits per heavy atom. The van der Waals surface area contributed by atoms with E-state index in [4.69, 9.17) is 14.2 Å². The number of amides is 1. The van der Waals surface area contributed by atoms with Gasteiger partial charge in [-0.2, -0.15) is 5.10 Å². The van der Waals surface area contributed by atoms with Gasteiger partial charge in [0.15, 0.2) is 0 Å². The molecule has 0 radical (unpaired) electrons. The van der Waals surface area contributed by atoms with Gasteiger partial charge in [0.2, 0.25) is 0 Å². The summed E-state index contributed by atoms with van der Waals surface area (Å²) in [4.78, 5) is 11.9. The maximum Gasteiger partial charge on any atom is 0.259 e. The average Bonchev–Trinajstić information content (AvgIpc) is 2.67. The Kier molecular flexibility index (Phi) is 6.84. The van der Waals surface area contributed by atoms with Crippen LogP contribution >= 0.6 is 0 Å². The summed E-state index contributed by atoms with van der Waals surface area (Å²) in [7, 11) is 4.63. The van der Waals surface area contributed by atoms with Crippen LogP contribution in [0, 0.1) is 6.92 Å². The van der Waals surface area contributed by atoms with E-state index in [-0.39, 0.29) is 12.5 Å². The number of carbonyl (C=O) groups excluding carboxylic acids is 1. The monoisotopic (exact) mass is 357 g/mol. The summed E-state index contributed by atoms with van der Waals surface area (Å²) in [6.07, 6.45) is 1.47. The molecule has 1 amide bonds. The van der Waals surface area contributed by atoms with Crippen molar-refractivity contribution in [3.05, 3.63) is 47.5 Å². The summed E-state index contributed by atoms with van der Waals surface area (Å²) >= 11 is 0. The van der Waals surface area contributed by atoms with Crippen molar-refractivity contribution in [1.29, 1.82) is 0 Å². The molecule has 0 unspecified atom stereocenters. The highest BCUT2D eigenvalue weighted by Gasteiger charge is 2.11. The van der Waals surface area contributed by atoms with E-state index in [2.05, 4.69) is 15.8 Å². The molecule has 7 heteroatoms. The van der Waals surface area contributed by atoms with E-state index in [1.807, 2.05) is 31.2 Å². The zero-order chi connectivity index (χ0) is 18.9. The lowest BCUT2D eigenvalue weighted by atomic mass is 10.2. The number of nitrogens with one attached hydrogen (secondary N) is 2. The molecule has 0 aromatic heterocycles. The van der Waals surface area contributed by atoms with Crippen LogP contribution < -0.4 is 25.0 Å². The third-order valence-electron chi connectivity index (χ3n) is 3.64. The van der Waals surface area contributed by atoms with Crippen LogP contribution in [-0.2, 0) is 4.79 Å². The first-order chi connectivity index (χ1) is 12.6. The van der Waals surface area contributed by atoms with Crippen LogP contribution in [0.2, 0.25) is 0 Å². The van der Waals surface area contributed by atoms with Crippen LogP contribution in [0.4, 0.5) is 5.69 Å². The minimum absolute atomic E-state index is 0.108. The number of hydrogen-bond acceptors (Lipinski definition) is 6. The standard InChI is InChI=1S/C19H23N3O4/c1-13-5-7-14(8-6-13)20-12-19(23)22-21-11-16-17(25-3)9-15(24-2)10-18(16)26-4/h5-11,20H,12H2,1-4H3,(H,22,23)/b21-11-. The minimum atomic E-state index is -0.270. The highest BCUT2D eigenvalue weighted by atomic mass is 16.5. The Balaban J connectivity index is 1.98. The normalized spacial score (nSPS) is 10.5. The van der Waals surface area contributed by atoms with Crippen molar-refractivity contribution in [1.82, 2.24) is 5.43 Å². The van der Waals surface area contributed by atoms with E-state index >= 15 is 0 Å². The number of benzene rings is 2. The Hall–Kier alpha value is -3.22. The first-order valence-electron chi connectivity index (χ1n) is 7.99. The summed E-state index contributed by atoms with van der Waals surface area (Å²) in [6.45, 7) is 2.12. The number of hydrazone groups is 1. The number of aryl methyl sites for hydroxylation is 1. The number of anilines is 1. The Morgan fingerprint density at radius 3 is 2.19 bits per heavy atom. The molecule has 0 aliphatic carbocycles. The fourth-order valence-electron chi connectivity index (χ4n) is 2.22. The quantitative estimate of drug-likeness (QED) is 0.561. The van der Waals surface area contributed by atoms with Gasteiger partial charge in [-0.1, -0.05) is 17.7 Å². The molecule has 0 saturated carbocycles. The van der Waals surface area contributed by atoms with Gasteiger partial charge in [0.05, 0.1) is 39.7 Å². The predicted molar refractivity (Wildman–Crippen MR) is 102 cm³/mol. The number of hydrogen-bond donors (Lipinski definition) is 2. The molecule has 2 aromatic rings. The van der Waals surface area contributed by atoms with E-state index in [9.17, 15) is 4.79 Å². The lowest BCUT2D eigenvalue weighted by molar-refractivity contribution is -0.119. The van der Waals surface area contributed by atoms with Crippen molar-refractivity contribution in [3.8, 4) is 17.2 Å². The van der Waals surface area contributed by atoms with Gasteiger partial charge in [0.1, 0.15) is 17.2 Å². The van der Waals surface area contributed by atoms with Gasteiger partial charge in [-0.25, -0.2) is 5.43 Å². The molecule has 7 nitrogen and oxygen atoms in total. The zero-order valence-corrected chi connectivity index (χ0v) is 15.3. The second-order valence-electron chi connectivity index (χ2n) is 5.46. The van der Waals surface area contributed by atoms with Crippen LogP contribution in [0.15, 0.2) is 41.5 Å². The van der Waals surface area contributed by atoms with Crippen molar-refractivity contribution in [3.63, 3.8) is 0 Å². The molecule has 0 bridgehead atoms. The zero-order valence-electron chi connectivity index (χ0n) is 15.3. The highest BCUT2D eigenvalue weighted by molar-refractivity contribution is 5.89. The molecular formula is C19H23N3O4. The maximum atomic E-state index is 11.9. The van der Waals surface area contributed by atoms with E-state index in [0.29, 0.717) is 22.8 Å². The minimum Gasteiger partial charge on any atom is -0.496 e. The number of carbonyl (C=O) groups is 1. The van der Waals surface area contributed by atoms with Crippen LogP contribution in [0.5, 0.6) is 17.2 Å². The lowest BCUT2D eigenvalue weighted by Gasteiger charge is -2.12. The SMILES string of the molecule is COc1cc(OC)c(/C=N\NC(=O)CNc2ccc(C)cc2)c(OC)c1. The predicted octanol–water partition coefficient (Wildman–Crippen LogP) is 2.58. The summed E-state index contributed by atoms with van der Waals surface area (Å²) in [5, 5.41) is 7.00. The van der Waals surface area contributed by atoms with E-state index in [1.165, 1.54) is 20.4 Å². The molecule has 2 rings (SSSR count). The smallest absolute Gasteiger partial charge is 0.259 e. The first kappa shape index (κ1) is 19.1. The number of rotatable bonds is 8. The first-order valence-corrected chi connectivity index (χ1v) is 7.99. The van der Waals surface area contributed by atoms with Gasteiger partial charge in [-0.3, -0.25) is 4.79 Å². The molecule has 0 fully saturated rings. The Labute approximate surface area is 153 Å². The van der Waals surface area contributed by atoms with Crippen LogP contribution in [-0.4, -0.2) is 40.0 Å². The van der Waals surface area contributed by atoms with E-state index in [0.717, 1.165) is 11.3 Å². The van der Waals surface area contributed by atoms with Crippen LogP contribution in [0.1, 0.15) is 11.1 Å². The van der Waals surface area contributed by atoms with Gasteiger partial charge in [0, 0.05) is 17.8 Å². The molecule has 138 valence electrons. The Morgan fingerprint density at radius 2 is 1.65 bits per heavy atom. The molecule has 0 aliphatic heterocycles. The highest BCUT2D eigenvalue weighted by Crippen LogP contribution is 2.32. The number of ether oxygens (including phenoxy) is 3. The van der Waals surface area contributed by atoms with Crippen molar-refractivity contribution < 1.29 is 19.0 Å². The lowest BCUT2D eigenvalue weighted by Crippen LogP contribution is -2.25. The Bertz CT molecular complexity index is 748. The van der Waals surface area contributed by atoms with E-state index in [1.54, 1.807) is 19.2 Å². The molecule has 0 saturated heterocycles. The average molecular weight is 357 g/mol. The van der Waals surface area contributed by atoms with Crippen molar-refractivity contribution >= 4 is 17.8 Å². The fraction of sp³-hybridized carbons (Fsp3) is 0.263. The molecular weight excluding hydrogens is 334 g/mol. The van der Waals surface area contributed by atoms with Crippen molar-refractivity contribution in [2.45, 2.75) is 6.92 Å². The molecule has 0 heterocycles. The molecule has 26 heavy (non-hydrogen) atoms. The van der Waals surface area contributed by atoms with Gasteiger partial charge in [-0.15, -0.1) is 0 Å². The third kappa shape index (κ3) is 5.14. The largest absolute Gasteiger partial charge is 0.496 e. The van der Waals surface area contributed by atoms with Crippen LogP contribution in [0.3, 0.4) is 0 Å². The maximum absolute atomic E-state index is 11.9. The van der Waals surface area contributed by atoms with E-state index < -0.39 is 0 Å². The van der Waals surface area contributed by atoms with Crippen molar-refractivity contribution in [2.24, 2.45) is 5.10 Å². The molecule has 0 spiro atoms. The molecule has 2 N–H and O–H groups in total. The second kappa shape index (κ2) is 9.31. The molecule has 2 aromatic carbocycles. The van der Waals surface area contributed by atoms with Crippen molar-refractivity contribution in [2.75, 3.05) is 33.2 Å². The summed E-state index contributed by atoms with van der Waals surface area (Å²) in [5.74, 6) is 1.38. The van der Waals surface area contributed by atoms with Crippen LogP contribution in [0.25, 0.3) is 0 Å². The van der Waals surface area contributed by atoms with Gasteiger partial charge >= 0.3 is 0 Å². The van der Waals surface area contributed by atoms with Gasteiger partial charge in [0.25, 0.3) is 5.91 Å². The fourth-order valence-corrected chi connectivity index (χ4v) is 2.22. The second-order valence-corrected chi connectivity index (χ2v) is 5.46. The number of methoxy groups -OCH3 is 3. The van der Waals surface area contributed by atoms with Gasteiger partial charge < -0.3 is 19.5 Å². The van der Waals surface area contributed by atoms with Gasteiger partial charge in [-0.05, 0) is 19.1 Å². The molecule has 0 aliphatic rings. The summed E-state index contributed by atoms with van der Waals surface area (Å²) in [5.41, 5.74) is 5.10. The number of nitrogens with zero attached hydrogens (tertiary/aromatic N) is 1.